The van der Waals surface area contributed by atoms with E-state index in [0.717, 1.165) is 18.9 Å². The van der Waals surface area contributed by atoms with Crippen LogP contribution in [0.4, 0.5) is 0 Å². The molecule has 1 aromatic carbocycles. The second kappa shape index (κ2) is 4.62. The minimum absolute atomic E-state index is 0.311. The van der Waals surface area contributed by atoms with E-state index in [1.807, 2.05) is 25.2 Å². The third-order valence-electron chi connectivity index (χ3n) is 2.19. The zero-order valence-electron chi connectivity index (χ0n) is 8.83. The highest BCUT2D eigenvalue weighted by Crippen LogP contribution is 2.14. The normalized spacial score (nSPS) is 11.6. The Morgan fingerprint density at radius 2 is 1.71 bits per heavy atom. The molecule has 14 heavy (non-hydrogen) atoms. The average Bonchev–Trinajstić information content (AvgIpc) is 2.06. The van der Waals surface area contributed by atoms with Crippen molar-refractivity contribution in [2.75, 3.05) is 0 Å². The van der Waals surface area contributed by atoms with Gasteiger partial charge in [-0.05, 0) is 49.7 Å². The number of hydrogen-bond donors (Lipinski definition) is 2. The minimum Gasteiger partial charge on any atom is -0.508 e. The van der Waals surface area contributed by atoms with E-state index in [4.69, 9.17) is 5.11 Å². The van der Waals surface area contributed by atoms with E-state index in [1.165, 1.54) is 5.56 Å². The van der Waals surface area contributed by atoms with Gasteiger partial charge in [-0.25, -0.2) is 0 Å². The molecule has 0 bridgehead atoms. The fourth-order valence-corrected chi connectivity index (χ4v) is 2.43. The summed E-state index contributed by atoms with van der Waals surface area (Å²) in [6.45, 7) is 3.92. The molecule has 0 aliphatic rings. The maximum absolute atomic E-state index is 9.64. The topological polar surface area (TPSA) is 40.5 Å². The van der Waals surface area contributed by atoms with Crippen LogP contribution in [0.1, 0.15) is 12.0 Å². The fraction of sp³-hybridized carbons (Fsp3) is 0.455. The van der Waals surface area contributed by atoms with Gasteiger partial charge in [0, 0.05) is 0 Å². The van der Waals surface area contributed by atoms with Crippen molar-refractivity contribution < 1.29 is 9.90 Å². The molecule has 1 rings (SSSR count). The Labute approximate surface area is 86.3 Å². The van der Waals surface area contributed by atoms with Crippen molar-refractivity contribution in [2.45, 2.75) is 32.0 Å². The summed E-state index contributed by atoms with van der Waals surface area (Å²) in [6.07, 6.45) is 2.01. The lowest BCUT2D eigenvalue weighted by Crippen LogP contribution is -2.24. The molecule has 0 saturated carbocycles. The van der Waals surface area contributed by atoms with E-state index in [1.54, 1.807) is 12.1 Å². The SMILES string of the molecule is C[Si](C)(O)CCCc1ccc(O)cc1. The largest absolute Gasteiger partial charge is 0.508 e. The van der Waals surface area contributed by atoms with Crippen molar-refractivity contribution in [2.24, 2.45) is 0 Å². The summed E-state index contributed by atoms with van der Waals surface area (Å²) >= 11 is 0. The third kappa shape index (κ3) is 4.44. The monoisotopic (exact) mass is 210 g/mol. The molecule has 0 fully saturated rings. The van der Waals surface area contributed by atoms with Gasteiger partial charge in [0.05, 0.1) is 0 Å². The van der Waals surface area contributed by atoms with Gasteiger partial charge in [0.25, 0.3) is 0 Å². The summed E-state index contributed by atoms with van der Waals surface area (Å²) in [5.41, 5.74) is 1.22. The van der Waals surface area contributed by atoms with Crippen LogP contribution in [0.25, 0.3) is 0 Å². The standard InChI is InChI=1S/C11H18O2Si/c1-14(2,13)9-3-4-10-5-7-11(12)8-6-10/h5-8,12-13H,3-4,9H2,1-2H3. The molecule has 3 heteroatoms. The Hall–Kier alpha value is -0.803. The van der Waals surface area contributed by atoms with Crippen molar-refractivity contribution in [3.05, 3.63) is 29.8 Å². The van der Waals surface area contributed by atoms with E-state index in [9.17, 15) is 4.80 Å². The molecule has 2 nitrogen and oxygen atoms in total. The van der Waals surface area contributed by atoms with E-state index >= 15 is 0 Å². The van der Waals surface area contributed by atoms with Crippen LogP contribution in [0.15, 0.2) is 24.3 Å². The summed E-state index contributed by atoms with van der Waals surface area (Å²) < 4.78 is 0. The molecule has 0 atom stereocenters. The predicted octanol–water partition coefficient (Wildman–Crippen LogP) is 2.52. The first kappa shape index (κ1) is 11.3. The van der Waals surface area contributed by atoms with Gasteiger partial charge in [-0.1, -0.05) is 12.1 Å². The molecular weight excluding hydrogens is 192 g/mol. The maximum Gasteiger partial charge on any atom is 0.182 e. The Kier molecular flexibility index (Phi) is 3.72. The highest BCUT2D eigenvalue weighted by Gasteiger charge is 2.15. The van der Waals surface area contributed by atoms with E-state index in [2.05, 4.69) is 0 Å². The van der Waals surface area contributed by atoms with Crippen molar-refractivity contribution >= 4 is 8.32 Å². The first-order valence-electron chi connectivity index (χ1n) is 4.98. The number of aryl methyl sites for hydroxylation is 1. The molecule has 78 valence electrons. The Morgan fingerprint density at radius 1 is 1.14 bits per heavy atom. The van der Waals surface area contributed by atoms with Crippen molar-refractivity contribution in [1.29, 1.82) is 0 Å². The van der Waals surface area contributed by atoms with Crippen molar-refractivity contribution in [1.82, 2.24) is 0 Å². The first-order valence-corrected chi connectivity index (χ1v) is 8.13. The molecule has 0 aliphatic heterocycles. The van der Waals surface area contributed by atoms with Crippen LogP contribution in [-0.2, 0) is 6.42 Å². The first-order chi connectivity index (χ1) is 6.47. The highest BCUT2D eigenvalue weighted by molar-refractivity contribution is 6.69. The molecule has 0 saturated heterocycles. The van der Waals surface area contributed by atoms with Crippen LogP contribution < -0.4 is 0 Å². The van der Waals surface area contributed by atoms with Gasteiger partial charge in [0.15, 0.2) is 8.32 Å². The lowest BCUT2D eigenvalue weighted by Gasteiger charge is -2.13. The Morgan fingerprint density at radius 3 is 2.21 bits per heavy atom. The second-order valence-electron chi connectivity index (χ2n) is 4.33. The Balaban J connectivity index is 2.35. The summed E-state index contributed by atoms with van der Waals surface area (Å²) in [5, 5.41) is 9.08. The molecule has 0 aromatic heterocycles. The van der Waals surface area contributed by atoms with E-state index in [0.29, 0.717) is 5.75 Å². The lowest BCUT2D eigenvalue weighted by molar-refractivity contribution is 0.475. The number of phenols is 1. The molecule has 0 spiro atoms. The van der Waals surface area contributed by atoms with Gasteiger partial charge < -0.3 is 9.90 Å². The number of benzene rings is 1. The third-order valence-corrected chi connectivity index (χ3v) is 3.77. The Bertz CT molecular complexity index is 274. The average molecular weight is 210 g/mol. The second-order valence-corrected chi connectivity index (χ2v) is 8.46. The molecule has 0 amide bonds. The number of hydrogen-bond acceptors (Lipinski definition) is 2. The van der Waals surface area contributed by atoms with Crippen LogP contribution >= 0.6 is 0 Å². The summed E-state index contributed by atoms with van der Waals surface area (Å²) in [7, 11) is -1.87. The summed E-state index contributed by atoms with van der Waals surface area (Å²) in [6, 6.07) is 8.21. The van der Waals surface area contributed by atoms with Crippen molar-refractivity contribution in [3.8, 4) is 5.75 Å². The minimum atomic E-state index is -1.87. The molecule has 0 unspecified atom stereocenters. The van der Waals surface area contributed by atoms with E-state index < -0.39 is 8.32 Å². The number of phenolic OH excluding ortho intramolecular Hbond substituents is 1. The predicted molar refractivity (Wildman–Crippen MR) is 60.9 cm³/mol. The van der Waals surface area contributed by atoms with Gasteiger partial charge in [-0.15, -0.1) is 0 Å². The van der Waals surface area contributed by atoms with Crippen molar-refractivity contribution in [3.63, 3.8) is 0 Å². The highest BCUT2D eigenvalue weighted by atomic mass is 28.4. The smallest absolute Gasteiger partial charge is 0.182 e. The molecular formula is C11H18O2Si. The van der Waals surface area contributed by atoms with Gasteiger partial charge in [0.1, 0.15) is 5.75 Å². The van der Waals surface area contributed by atoms with Gasteiger partial charge in [-0.2, -0.15) is 0 Å². The summed E-state index contributed by atoms with van der Waals surface area (Å²) in [4.78, 5) is 9.64. The van der Waals surface area contributed by atoms with Gasteiger partial charge in [-0.3, -0.25) is 0 Å². The summed E-state index contributed by atoms with van der Waals surface area (Å²) in [5.74, 6) is 0.311. The number of aromatic hydroxyl groups is 1. The molecule has 2 N–H and O–H groups in total. The fourth-order valence-electron chi connectivity index (χ4n) is 1.39. The van der Waals surface area contributed by atoms with Crippen LogP contribution in [0.5, 0.6) is 5.75 Å². The van der Waals surface area contributed by atoms with Crippen LogP contribution in [-0.4, -0.2) is 18.2 Å². The zero-order valence-corrected chi connectivity index (χ0v) is 9.83. The quantitative estimate of drug-likeness (QED) is 0.750. The molecule has 0 aliphatic carbocycles. The van der Waals surface area contributed by atoms with Gasteiger partial charge in [0.2, 0.25) is 0 Å². The van der Waals surface area contributed by atoms with Gasteiger partial charge >= 0.3 is 0 Å². The van der Waals surface area contributed by atoms with Crippen LogP contribution in [0.2, 0.25) is 19.1 Å². The van der Waals surface area contributed by atoms with E-state index in [-0.39, 0.29) is 0 Å². The molecule has 0 radical (unpaired) electrons. The molecule has 0 heterocycles. The zero-order chi connectivity index (χ0) is 10.6. The molecule has 1 aromatic rings. The van der Waals surface area contributed by atoms with Crippen LogP contribution in [0, 0.1) is 0 Å². The van der Waals surface area contributed by atoms with Crippen LogP contribution in [0.3, 0.4) is 0 Å². The number of rotatable bonds is 4. The maximum atomic E-state index is 9.64. The lowest BCUT2D eigenvalue weighted by atomic mass is 10.1.